The summed E-state index contributed by atoms with van der Waals surface area (Å²) in [6, 6.07) is 2.91. The number of likely N-dealkylation sites (tertiary alicyclic amines) is 1. The van der Waals surface area contributed by atoms with Crippen molar-refractivity contribution in [2.45, 2.75) is 43.9 Å². The van der Waals surface area contributed by atoms with Crippen LogP contribution in [0.3, 0.4) is 0 Å². The zero-order valence-corrected chi connectivity index (χ0v) is 15.9. The standard InChI is InChI=1S/C19H22F3N3O4/c1-29-18(28)14-8-4-5-9-24(14)11-17(27)25-13-7-3-2-6-12(13)23-16(26)10-15(25)19(20,21)22/h2-3,6-7,14-15H,4-5,8-11H2,1H3,(H,23,26)/t14-,15-/m0/s1. The number of para-hydroxylation sites is 2. The van der Waals surface area contributed by atoms with E-state index in [2.05, 4.69) is 5.32 Å². The Morgan fingerprint density at radius 2 is 1.97 bits per heavy atom. The van der Waals surface area contributed by atoms with Gasteiger partial charge in [-0.2, -0.15) is 13.2 Å². The van der Waals surface area contributed by atoms with Crippen LogP contribution in [0, 0.1) is 0 Å². The molecule has 29 heavy (non-hydrogen) atoms. The van der Waals surface area contributed by atoms with Crippen LogP contribution in [0.25, 0.3) is 0 Å². The molecule has 0 bridgehead atoms. The van der Waals surface area contributed by atoms with Crippen molar-refractivity contribution in [1.29, 1.82) is 0 Å². The van der Waals surface area contributed by atoms with Gasteiger partial charge in [0, 0.05) is 0 Å². The van der Waals surface area contributed by atoms with E-state index in [1.165, 1.54) is 25.3 Å². The molecule has 0 aliphatic carbocycles. The topological polar surface area (TPSA) is 79.0 Å². The Kier molecular flexibility index (Phi) is 6.11. The third-order valence-corrected chi connectivity index (χ3v) is 5.20. The van der Waals surface area contributed by atoms with Crippen LogP contribution in [0.2, 0.25) is 0 Å². The molecule has 0 saturated carbocycles. The van der Waals surface area contributed by atoms with Crippen LogP contribution in [0.4, 0.5) is 24.5 Å². The fourth-order valence-corrected chi connectivity index (χ4v) is 3.83. The number of hydrogen-bond acceptors (Lipinski definition) is 5. The second kappa shape index (κ2) is 8.40. The maximum absolute atomic E-state index is 13.8. The lowest BCUT2D eigenvalue weighted by Gasteiger charge is -2.37. The van der Waals surface area contributed by atoms with Crippen molar-refractivity contribution in [1.82, 2.24) is 4.90 Å². The summed E-state index contributed by atoms with van der Waals surface area (Å²) in [4.78, 5) is 39.3. The third-order valence-electron chi connectivity index (χ3n) is 5.20. The SMILES string of the molecule is COC(=O)[C@@H]1CCCCN1CC(=O)N1c2ccccc2NC(=O)C[C@H]1C(F)(F)F. The van der Waals surface area contributed by atoms with Crippen LogP contribution in [-0.4, -0.2) is 61.1 Å². The van der Waals surface area contributed by atoms with E-state index in [1.54, 1.807) is 11.0 Å². The highest BCUT2D eigenvalue weighted by molar-refractivity contribution is 6.05. The number of nitrogens with zero attached hydrogens (tertiary/aromatic N) is 2. The van der Waals surface area contributed by atoms with E-state index in [0.29, 0.717) is 17.9 Å². The minimum Gasteiger partial charge on any atom is -0.468 e. The average molecular weight is 413 g/mol. The van der Waals surface area contributed by atoms with Crippen LogP contribution in [-0.2, 0) is 19.1 Å². The monoisotopic (exact) mass is 413 g/mol. The summed E-state index contributed by atoms with van der Waals surface area (Å²) in [6.07, 6.45) is -3.74. The van der Waals surface area contributed by atoms with Crippen molar-refractivity contribution in [3.63, 3.8) is 0 Å². The lowest BCUT2D eigenvalue weighted by atomic mass is 10.0. The van der Waals surface area contributed by atoms with Crippen LogP contribution in [0.5, 0.6) is 0 Å². The quantitative estimate of drug-likeness (QED) is 0.770. The van der Waals surface area contributed by atoms with Gasteiger partial charge in [0.15, 0.2) is 0 Å². The summed E-state index contributed by atoms with van der Waals surface area (Å²) >= 11 is 0. The summed E-state index contributed by atoms with van der Waals surface area (Å²) in [5.74, 6) is -2.16. The Morgan fingerprint density at radius 3 is 2.66 bits per heavy atom. The number of alkyl halides is 3. The smallest absolute Gasteiger partial charge is 0.409 e. The summed E-state index contributed by atoms with van der Waals surface area (Å²) in [6.45, 7) is 0.0176. The number of hydrogen-bond donors (Lipinski definition) is 1. The summed E-state index contributed by atoms with van der Waals surface area (Å²) in [5.41, 5.74) is 0.123. The number of anilines is 2. The molecular weight excluding hydrogens is 391 g/mol. The number of benzene rings is 1. The van der Waals surface area contributed by atoms with Crippen LogP contribution < -0.4 is 10.2 Å². The first-order valence-electron chi connectivity index (χ1n) is 9.32. The molecule has 1 aromatic carbocycles. The van der Waals surface area contributed by atoms with Gasteiger partial charge >= 0.3 is 12.1 Å². The largest absolute Gasteiger partial charge is 0.468 e. The Morgan fingerprint density at radius 1 is 1.24 bits per heavy atom. The Labute approximate surface area is 165 Å². The number of piperidine rings is 1. The van der Waals surface area contributed by atoms with Crippen molar-refractivity contribution in [2.75, 3.05) is 30.4 Å². The molecule has 1 saturated heterocycles. The molecule has 0 spiro atoms. The number of rotatable bonds is 3. The van der Waals surface area contributed by atoms with Gasteiger partial charge in [-0.1, -0.05) is 18.6 Å². The van der Waals surface area contributed by atoms with Gasteiger partial charge in [0.25, 0.3) is 0 Å². The molecular formula is C19H22F3N3O4. The van der Waals surface area contributed by atoms with Crippen molar-refractivity contribution in [3.05, 3.63) is 24.3 Å². The van der Waals surface area contributed by atoms with Gasteiger partial charge < -0.3 is 10.1 Å². The Hall–Kier alpha value is -2.62. The lowest BCUT2D eigenvalue weighted by Crippen LogP contribution is -2.55. The molecule has 0 radical (unpaired) electrons. The fourth-order valence-electron chi connectivity index (χ4n) is 3.83. The van der Waals surface area contributed by atoms with Crippen molar-refractivity contribution >= 4 is 29.2 Å². The van der Waals surface area contributed by atoms with Crippen molar-refractivity contribution < 1.29 is 32.3 Å². The molecule has 2 heterocycles. The van der Waals surface area contributed by atoms with E-state index in [-0.39, 0.29) is 17.9 Å². The Bertz CT molecular complexity index is 799. The predicted octanol–water partition coefficient (Wildman–Crippen LogP) is 2.32. The highest BCUT2D eigenvalue weighted by Gasteiger charge is 2.49. The van der Waals surface area contributed by atoms with E-state index < -0.39 is 42.5 Å². The molecule has 2 aliphatic heterocycles. The Balaban J connectivity index is 1.95. The number of ether oxygens (including phenoxy) is 1. The average Bonchev–Trinajstić information content (AvgIpc) is 2.83. The number of carbonyl (C=O) groups excluding carboxylic acids is 3. The van der Waals surface area contributed by atoms with Crippen LogP contribution in [0.15, 0.2) is 24.3 Å². The minimum absolute atomic E-state index is 0.0164. The van der Waals surface area contributed by atoms with Gasteiger partial charge in [-0.3, -0.25) is 24.2 Å². The molecule has 2 atom stereocenters. The third kappa shape index (κ3) is 4.52. The predicted molar refractivity (Wildman–Crippen MR) is 98.2 cm³/mol. The first-order valence-corrected chi connectivity index (χ1v) is 9.32. The van der Waals surface area contributed by atoms with E-state index in [4.69, 9.17) is 4.74 Å². The first-order chi connectivity index (χ1) is 13.7. The number of amides is 2. The molecule has 3 rings (SSSR count). The summed E-state index contributed by atoms with van der Waals surface area (Å²) in [7, 11) is 1.24. The highest BCUT2D eigenvalue weighted by atomic mass is 19.4. The van der Waals surface area contributed by atoms with E-state index in [0.717, 1.165) is 12.8 Å². The normalized spacial score (nSPS) is 23.0. The van der Waals surface area contributed by atoms with Gasteiger partial charge in [-0.25, -0.2) is 0 Å². The maximum atomic E-state index is 13.8. The van der Waals surface area contributed by atoms with Crippen molar-refractivity contribution in [3.8, 4) is 0 Å². The number of methoxy groups -OCH3 is 1. The van der Waals surface area contributed by atoms with Gasteiger partial charge in [-0.15, -0.1) is 0 Å². The zero-order valence-electron chi connectivity index (χ0n) is 15.9. The minimum atomic E-state index is -4.80. The number of fused-ring (bicyclic) bond motifs is 1. The molecule has 1 aromatic rings. The maximum Gasteiger partial charge on any atom is 0.409 e. The number of carbonyl (C=O) groups is 3. The number of halogens is 3. The summed E-state index contributed by atoms with van der Waals surface area (Å²) < 4.78 is 46.1. The molecule has 158 valence electrons. The van der Waals surface area contributed by atoms with Gasteiger partial charge in [-0.05, 0) is 31.5 Å². The number of nitrogens with one attached hydrogen (secondary N) is 1. The molecule has 1 fully saturated rings. The van der Waals surface area contributed by atoms with Crippen molar-refractivity contribution in [2.24, 2.45) is 0 Å². The highest BCUT2D eigenvalue weighted by Crippen LogP contribution is 2.38. The number of esters is 1. The van der Waals surface area contributed by atoms with E-state index >= 15 is 0 Å². The molecule has 2 aliphatic rings. The second-order valence-corrected chi connectivity index (χ2v) is 7.10. The van der Waals surface area contributed by atoms with Crippen LogP contribution >= 0.6 is 0 Å². The first kappa shape index (κ1) is 21.1. The fraction of sp³-hybridized carbons (Fsp3) is 0.526. The van der Waals surface area contributed by atoms with Crippen LogP contribution in [0.1, 0.15) is 25.7 Å². The zero-order chi connectivity index (χ0) is 21.2. The van der Waals surface area contributed by atoms with E-state index in [1.807, 2.05) is 0 Å². The van der Waals surface area contributed by atoms with Gasteiger partial charge in [0.2, 0.25) is 11.8 Å². The molecule has 7 nitrogen and oxygen atoms in total. The lowest BCUT2D eigenvalue weighted by molar-refractivity contribution is -0.158. The molecule has 2 amide bonds. The summed E-state index contributed by atoms with van der Waals surface area (Å²) in [5, 5.41) is 2.43. The molecule has 0 aromatic heterocycles. The van der Waals surface area contributed by atoms with Gasteiger partial charge in [0.1, 0.15) is 12.1 Å². The molecule has 10 heteroatoms. The molecule has 1 N–H and O–H groups in total. The van der Waals surface area contributed by atoms with E-state index in [9.17, 15) is 27.6 Å². The van der Waals surface area contributed by atoms with Gasteiger partial charge in [0.05, 0.1) is 31.5 Å². The second-order valence-electron chi connectivity index (χ2n) is 7.10. The molecule has 0 unspecified atom stereocenters.